The summed E-state index contributed by atoms with van der Waals surface area (Å²) in [5.41, 5.74) is 0.564. The molecule has 2 aromatic rings. The number of halogens is 3. The number of hydrogen-bond donors (Lipinski definition) is 2. The summed E-state index contributed by atoms with van der Waals surface area (Å²) in [4.78, 5) is 25.1. The molecule has 0 aromatic carbocycles. The van der Waals surface area contributed by atoms with Crippen LogP contribution in [0.5, 0.6) is 5.75 Å². The Bertz CT molecular complexity index is 1010. The molecule has 2 N–H and O–H groups in total. The number of carbonyl (C=O) groups is 1. The predicted molar refractivity (Wildman–Crippen MR) is 119 cm³/mol. The third kappa shape index (κ3) is 5.26. The predicted octanol–water partition coefficient (Wildman–Crippen LogP) is 5.08. The van der Waals surface area contributed by atoms with E-state index < -0.39 is 18.7 Å². The molecule has 2 aromatic heterocycles. The average Bonchev–Trinajstić information content (AvgIpc) is 2.77. The van der Waals surface area contributed by atoms with Crippen LogP contribution in [0.3, 0.4) is 0 Å². The first-order valence-electron chi connectivity index (χ1n) is 11.8. The second-order valence-corrected chi connectivity index (χ2v) is 10.1. The number of hydrogen-bond acceptors (Lipinski definition) is 6. The maximum atomic E-state index is 12.7. The lowest BCUT2D eigenvalue weighted by Gasteiger charge is -2.57. The fourth-order valence-corrected chi connectivity index (χ4v) is 6.55. The molecule has 34 heavy (non-hydrogen) atoms. The van der Waals surface area contributed by atoms with Crippen LogP contribution in [0.1, 0.15) is 55.4 Å². The van der Waals surface area contributed by atoms with Crippen LogP contribution in [0.2, 0.25) is 0 Å². The van der Waals surface area contributed by atoms with Crippen LogP contribution in [0, 0.1) is 23.2 Å². The molecular formula is C24H28F3N5O2. The van der Waals surface area contributed by atoms with Gasteiger partial charge in [-0.15, -0.1) is 0 Å². The van der Waals surface area contributed by atoms with Gasteiger partial charge in [-0.2, -0.15) is 13.2 Å². The molecule has 4 fully saturated rings. The molecule has 6 rings (SSSR count). The van der Waals surface area contributed by atoms with E-state index in [-0.39, 0.29) is 17.1 Å². The molecule has 7 nitrogen and oxygen atoms in total. The summed E-state index contributed by atoms with van der Waals surface area (Å²) in [5, 5.41) is 5.79. The van der Waals surface area contributed by atoms with Crippen molar-refractivity contribution in [3.8, 4) is 5.75 Å². The first-order chi connectivity index (χ1) is 16.3. The number of alkyl halides is 3. The molecule has 0 aliphatic heterocycles. The number of anilines is 2. The molecule has 4 aliphatic carbocycles. The number of nitrogens with zero attached hydrogens (tertiary/aromatic N) is 3. The normalized spacial score (nSPS) is 27.4. The van der Waals surface area contributed by atoms with Crippen LogP contribution in [0.15, 0.2) is 30.7 Å². The number of pyridine rings is 1. The summed E-state index contributed by atoms with van der Waals surface area (Å²) in [6, 6.07) is 2.71. The van der Waals surface area contributed by atoms with Crippen LogP contribution >= 0.6 is 0 Å². The highest BCUT2D eigenvalue weighted by atomic mass is 19.4. The molecule has 182 valence electrons. The van der Waals surface area contributed by atoms with E-state index in [9.17, 15) is 18.0 Å². The fraction of sp³-hybridized carbons (Fsp3) is 0.583. The molecule has 4 bridgehead atoms. The van der Waals surface area contributed by atoms with Gasteiger partial charge in [0.15, 0.2) is 6.61 Å². The number of amides is 1. The minimum Gasteiger partial charge on any atom is -0.482 e. The molecule has 0 atom stereocenters. The quantitative estimate of drug-likeness (QED) is 0.553. The lowest BCUT2D eigenvalue weighted by Crippen LogP contribution is -2.46. The summed E-state index contributed by atoms with van der Waals surface area (Å²) >= 11 is 0. The van der Waals surface area contributed by atoms with E-state index in [0.29, 0.717) is 11.4 Å². The van der Waals surface area contributed by atoms with Gasteiger partial charge < -0.3 is 15.4 Å². The van der Waals surface area contributed by atoms with Crippen molar-refractivity contribution in [3.63, 3.8) is 0 Å². The second kappa shape index (κ2) is 9.03. The van der Waals surface area contributed by atoms with Gasteiger partial charge in [0.05, 0.1) is 6.20 Å². The van der Waals surface area contributed by atoms with Gasteiger partial charge in [0.1, 0.15) is 17.1 Å². The maximum absolute atomic E-state index is 12.7. The van der Waals surface area contributed by atoms with Crippen LogP contribution in [-0.4, -0.2) is 40.2 Å². The van der Waals surface area contributed by atoms with Gasteiger partial charge in [-0.3, -0.25) is 9.78 Å². The molecule has 0 radical (unpaired) electrons. The van der Waals surface area contributed by atoms with Crippen molar-refractivity contribution in [2.45, 2.75) is 51.1 Å². The average molecular weight is 476 g/mol. The van der Waals surface area contributed by atoms with Gasteiger partial charge in [0.2, 0.25) is 5.95 Å². The lowest BCUT2D eigenvalue weighted by molar-refractivity contribution is -0.153. The second-order valence-electron chi connectivity index (χ2n) is 10.1. The van der Waals surface area contributed by atoms with E-state index >= 15 is 0 Å². The Morgan fingerprint density at radius 3 is 2.47 bits per heavy atom. The zero-order chi connectivity index (χ0) is 23.8. The zero-order valence-electron chi connectivity index (χ0n) is 18.8. The number of nitrogens with one attached hydrogen (secondary N) is 2. The van der Waals surface area contributed by atoms with Crippen molar-refractivity contribution >= 4 is 17.5 Å². The van der Waals surface area contributed by atoms with Gasteiger partial charge in [-0.1, -0.05) is 0 Å². The summed E-state index contributed by atoms with van der Waals surface area (Å²) in [6.07, 6.45) is 8.80. The first-order valence-corrected chi connectivity index (χ1v) is 11.8. The van der Waals surface area contributed by atoms with E-state index in [4.69, 9.17) is 4.74 Å². The molecule has 2 heterocycles. The highest BCUT2D eigenvalue weighted by molar-refractivity contribution is 6.03. The third-order valence-corrected chi connectivity index (χ3v) is 7.41. The Morgan fingerprint density at radius 1 is 1.09 bits per heavy atom. The Kier molecular flexibility index (Phi) is 6.07. The van der Waals surface area contributed by atoms with Crippen LogP contribution < -0.4 is 15.4 Å². The summed E-state index contributed by atoms with van der Waals surface area (Å²) < 4.78 is 42.3. The first kappa shape index (κ1) is 22.9. The molecule has 0 unspecified atom stereocenters. The van der Waals surface area contributed by atoms with E-state index in [1.807, 2.05) is 0 Å². The van der Waals surface area contributed by atoms with E-state index in [0.717, 1.165) is 30.7 Å². The zero-order valence-corrected chi connectivity index (χ0v) is 18.8. The maximum Gasteiger partial charge on any atom is 0.422 e. The summed E-state index contributed by atoms with van der Waals surface area (Å²) in [6.45, 7) is -0.722. The van der Waals surface area contributed by atoms with Crippen molar-refractivity contribution in [2.24, 2.45) is 23.2 Å². The van der Waals surface area contributed by atoms with Crippen LogP contribution in [0.25, 0.3) is 0 Å². The Labute approximate surface area is 195 Å². The number of aromatic nitrogens is 3. The molecule has 4 aliphatic rings. The van der Waals surface area contributed by atoms with Crippen molar-refractivity contribution in [3.05, 3.63) is 36.4 Å². The van der Waals surface area contributed by atoms with Gasteiger partial charge in [0.25, 0.3) is 5.91 Å². The molecule has 0 spiro atoms. The monoisotopic (exact) mass is 475 g/mol. The minimum absolute atomic E-state index is 0.0340. The Morgan fingerprint density at radius 2 is 1.79 bits per heavy atom. The van der Waals surface area contributed by atoms with Gasteiger partial charge in [-0.25, -0.2) is 9.97 Å². The standard InChI is InChI=1S/C24H28F3N5O2/c25-24(26,27)14-34-20-2-4-28-13-19(20)31-21(33)18-1-5-29-22(32-18)30-6-3-23-10-15-7-16(11-23)9-17(8-15)12-23/h1-2,4-5,13,15-17H,3,6-12,14H2,(H,31,33)(H,29,30,32). The van der Waals surface area contributed by atoms with Crippen LogP contribution in [0.4, 0.5) is 24.8 Å². The van der Waals surface area contributed by atoms with Crippen molar-refractivity contribution in [1.82, 2.24) is 15.0 Å². The summed E-state index contributed by atoms with van der Waals surface area (Å²) in [7, 11) is 0. The molecular weight excluding hydrogens is 447 g/mol. The Hall–Kier alpha value is -2.91. The lowest BCUT2D eigenvalue weighted by atomic mass is 9.49. The number of carbonyl (C=O) groups excluding carboxylic acids is 1. The van der Waals surface area contributed by atoms with Gasteiger partial charge in [0, 0.05) is 25.0 Å². The Balaban J connectivity index is 1.18. The third-order valence-electron chi connectivity index (χ3n) is 7.41. The van der Waals surface area contributed by atoms with Crippen molar-refractivity contribution < 1.29 is 22.7 Å². The minimum atomic E-state index is -4.49. The highest BCUT2D eigenvalue weighted by Crippen LogP contribution is 2.61. The number of rotatable bonds is 8. The highest BCUT2D eigenvalue weighted by Gasteiger charge is 2.50. The van der Waals surface area contributed by atoms with Crippen molar-refractivity contribution in [2.75, 3.05) is 23.8 Å². The largest absolute Gasteiger partial charge is 0.482 e. The smallest absolute Gasteiger partial charge is 0.422 e. The molecule has 10 heteroatoms. The SMILES string of the molecule is O=C(Nc1cnccc1OCC(F)(F)F)c1ccnc(NCCC23CC4CC(CC(C4)C2)C3)n1. The van der Waals surface area contributed by atoms with Crippen LogP contribution in [-0.2, 0) is 0 Å². The van der Waals surface area contributed by atoms with Gasteiger partial charge in [-0.05, 0) is 74.2 Å². The summed E-state index contributed by atoms with van der Waals surface area (Å²) in [5.74, 6) is 2.34. The fourth-order valence-electron chi connectivity index (χ4n) is 6.55. The number of ether oxygens (including phenoxy) is 1. The van der Waals surface area contributed by atoms with E-state index in [2.05, 4.69) is 25.6 Å². The van der Waals surface area contributed by atoms with E-state index in [1.54, 1.807) is 0 Å². The van der Waals surface area contributed by atoms with Crippen molar-refractivity contribution in [1.29, 1.82) is 0 Å². The van der Waals surface area contributed by atoms with Gasteiger partial charge >= 0.3 is 6.18 Å². The molecule has 4 saturated carbocycles. The molecule has 1 amide bonds. The van der Waals surface area contributed by atoms with E-state index in [1.165, 1.54) is 69.2 Å². The molecule has 0 saturated heterocycles. The topological polar surface area (TPSA) is 89.0 Å².